The number of pyridine rings is 1. The fraction of sp³-hybridized carbons (Fsp3) is 0.133. The van der Waals surface area contributed by atoms with Crippen LogP contribution in [0.2, 0.25) is 0 Å². The second-order valence-electron chi connectivity index (χ2n) is 4.72. The molecule has 2 rings (SSSR count). The molecule has 24 heavy (non-hydrogen) atoms. The lowest BCUT2D eigenvalue weighted by atomic mass is 9.95. The zero-order valence-corrected chi connectivity index (χ0v) is 12.5. The van der Waals surface area contributed by atoms with Gasteiger partial charge in [0.1, 0.15) is 16.9 Å². The van der Waals surface area contributed by atoms with E-state index in [-0.39, 0.29) is 29.2 Å². The monoisotopic (exact) mass is 334 g/mol. The van der Waals surface area contributed by atoms with Crippen molar-refractivity contribution in [2.24, 2.45) is 0 Å². The van der Waals surface area contributed by atoms with E-state index in [1.807, 2.05) is 4.98 Å². The Morgan fingerprint density at radius 2 is 1.83 bits per heavy atom. The summed E-state index contributed by atoms with van der Waals surface area (Å²) in [6.07, 6.45) is 0. The molecule has 0 atom stereocenters. The van der Waals surface area contributed by atoms with Crippen LogP contribution >= 0.6 is 0 Å². The number of aromatic carboxylic acids is 2. The molecule has 1 aromatic carbocycles. The maximum absolute atomic E-state index is 11.9. The molecule has 0 bridgehead atoms. The molecule has 9 heteroatoms. The van der Waals surface area contributed by atoms with Gasteiger partial charge in [0, 0.05) is 5.56 Å². The predicted molar refractivity (Wildman–Crippen MR) is 83.7 cm³/mol. The summed E-state index contributed by atoms with van der Waals surface area (Å²) in [6.45, 7) is 1.88. The van der Waals surface area contributed by atoms with E-state index in [1.165, 1.54) is 18.2 Å². The molecule has 0 spiro atoms. The Morgan fingerprint density at radius 1 is 1.21 bits per heavy atom. The number of phenolic OH excluding ortho intramolecular Hbond substituents is 1. The lowest BCUT2D eigenvalue weighted by molar-refractivity contribution is 0.0695. The van der Waals surface area contributed by atoms with Gasteiger partial charge in [-0.1, -0.05) is 6.07 Å². The van der Waals surface area contributed by atoms with E-state index in [9.17, 15) is 29.7 Å². The van der Waals surface area contributed by atoms with Crippen molar-refractivity contribution in [3.63, 3.8) is 0 Å². The Balaban J connectivity index is 2.91. The van der Waals surface area contributed by atoms with Crippen LogP contribution in [0.25, 0.3) is 11.1 Å². The largest absolute Gasteiger partial charge is 0.504 e. The summed E-state index contributed by atoms with van der Waals surface area (Å²) < 4.78 is 5.20. The predicted octanol–water partition coefficient (Wildman–Crippen LogP) is 1.12. The van der Waals surface area contributed by atoms with Gasteiger partial charge in [-0.05, 0) is 24.6 Å². The minimum atomic E-state index is -1.61. The Morgan fingerprint density at radius 3 is 2.38 bits per heavy atom. The highest BCUT2D eigenvalue weighted by Gasteiger charge is 2.27. The van der Waals surface area contributed by atoms with Gasteiger partial charge in [0.05, 0.1) is 6.61 Å². The van der Waals surface area contributed by atoms with Gasteiger partial charge in [0.25, 0.3) is 5.56 Å². The molecule has 1 aromatic heterocycles. The molecule has 0 saturated heterocycles. The van der Waals surface area contributed by atoms with Crippen LogP contribution in [-0.4, -0.2) is 38.8 Å². The minimum Gasteiger partial charge on any atom is -0.504 e. The first-order chi connectivity index (χ1) is 11.3. The maximum Gasteiger partial charge on any atom is 0.342 e. The summed E-state index contributed by atoms with van der Waals surface area (Å²) in [5.74, 6) is -3.79. The number of nitrogens with two attached hydrogens (primary N) is 1. The Labute approximate surface area is 134 Å². The van der Waals surface area contributed by atoms with Crippen LogP contribution in [0.3, 0.4) is 0 Å². The molecule has 1 heterocycles. The van der Waals surface area contributed by atoms with E-state index in [4.69, 9.17) is 10.5 Å². The van der Waals surface area contributed by atoms with Gasteiger partial charge in [0.15, 0.2) is 11.5 Å². The highest BCUT2D eigenvalue weighted by atomic mass is 16.5. The molecule has 0 amide bonds. The zero-order valence-electron chi connectivity index (χ0n) is 12.5. The lowest BCUT2D eigenvalue weighted by Crippen LogP contribution is -2.24. The number of phenols is 1. The molecule has 0 radical (unpaired) electrons. The Kier molecular flexibility index (Phi) is 4.45. The van der Waals surface area contributed by atoms with Crippen molar-refractivity contribution in [1.29, 1.82) is 0 Å². The van der Waals surface area contributed by atoms with Crippen molar-refractivity contribution in [2.75, 3.05) is 12.3 Å². The maximum atomic E-state index is 11.9. The van der Waals surface area contributed by atoms with Crippen molar-refractivity contribution in [3.8, 4) is 22.6 Å². The molecule has 0 unspecified atom stereocenters. The summed E-state index contributed by atoms with van der Waals surface area (Å²) in [7, 11) is 0. The van der Waals surface area contributed by atoms with Crippen LogP contribution in [-0.2, 0) is 0 Å². The lowest BCUT2D eigenvalue weighted by Gasteiger charge is -2.14. The number of carbonyl (C=O) groups is 2. The van der Waals surface area contributed by atoms with Crippen LogP contribution in [0.4, 0.5) is 5.82 Å². The Hall–Kier alpha value is -3.49. The highest BCUT2D eigenvalue weighted by Crippen LogP contribution is 2.35. The number of nitrogens with one attached hydrogen (secondary N) is 1. The standard InChI is InChI=1S/C15H14N2O7/c1-2-24-8-5-6(3-4-7(8)18)9-10(14(20)21)12(16)17-13(19)11(9)15(22)23/h3-5,18H,2H2,1H3,(H,20,21)(H,22,23)(H3,16,17,19). The second-order valence-corrected chi connectivity index (χ2v) is 4.72. The SMILES string of the molecule is CCOc1cc(-c2c(C(=O)O)c(N)[nH]c(=O)c2C(=O)O)ccc1O. The summed E-state index contributed by atoms with van der Waals surface area (Å²) in [5, 5.41) is 28.4. The molecule has 0 fully saturated rings. The number of ether oxygens (including phenoxy) is 1. The number of aromatic amines is 1. The average molecular weight is 334 g/mol. The summed E-state index contributed by atoms with van der Waals surface area (Å²) >= 11 is 0. The molecule has 0 aliphatic carbocycles. The van der Waals surface area contributed by atoms with Crippen LogP contribution < -0.4 is 16.0 Å². The van der Waals surface area contributed by atoms with E-state index >= 15 is 0 Å². The molecule has 0 aliphatic heterocycles. The van der Waals surface area contributed by atoms with Gasteiger partial charge in [-0.15, -0.1) is 0 Å². The van der Waals surface area contributed by atoms with Gasteiger partial charge < -0.3 is 30.8 Å². The number of benzene rings is 1. The third kappa shape index (κ3) is 2.86. The topological polar surface area (TPSA) is 163 Å². The number of carboxylic acid groups (broad SMARTS) is 2. The third-order valence-electron chi connectivity index (χ3n) is 3.22. The van der Waals surface area contributed by atoms with Crippen LogP contribution in [0, 0.1) is 0 Å². The average Bonchev–Trinajstić information content (AvgIpc) is 2.48. The van der Waals surface area contributed by atoms with E-state index in [0.717, 1.165) is 0 Å². The van der Waals surface area contributed by atoms with Crippen molar-refractivity contribution in [1.82, 2.24) is 4.98 Å². The summed E-state index contributed by atoms with van der Waals surface area (Å²) in [6, 6.07) is 3.71. The van der Waals surface area contributed by atoms with Crippen LogP contribution in [0.5, 0.6) is 11.5 Å². The number of nitrogen functional groups attached to an aromatic ring is 1. The summed E-state index contributed by atoms with van der Waals surface area (Å²) in [5.41, 5.74) is 2.88. The number of aromatic hydroxyl groups is 1. The highest BCUT2D eigenvalue weighted by molar-refractivity contribution is 6.07. The molecule has 2 aromatic rings. The van der Waals surface area contributed by atoms with Gasteiger partial charge in [-0.25, -0.2) is 9.59 Å². The van der Waals surface area contributed by atoms with Gasteiger partial charge in [-0.2, -0.15) is 0 Å². The molecule has 126 valence electrons. The summed E-state index contributed by atoms with van der Waals surface area (Å²) in [4.78, 5) is 36.9. The van der Waals surface area contributed by atoms with Crippen LogP contribution in [0.1, 0.15) is 27.6 Å². The smallest absolute Gasteiger partial charge is 0.342 e. The number of aromatic nitrogens is 1. The van der Waals surface area contributed by atoms with E-state index in [2.05, 4.69) is 0 Å². The normalized spacial score (nSPS) is 10.4. The van der Waals surface area contributed by atoms with Crippen LogP contribution in [0.15, 0.2) is 23.0 Å². The van der Waals surface area contributed by atoms with E-state index in [1.54, 1.807) is 6.92 Å². The number of carboxylic acids is 2. The first-order valence-electron chi connectivity index (χ1n) is 6.76. The molecule has 0 saturated carbocycles. The first kappa shape index (κ1) is 16.9. The van der Waals surface area contributed by atoms with E-state index in [0.29, 0.717) is 0 Å². The molecule has 6 N–H and O–H groups in total. The number of hydrogen-bond acceptors (Lipinski definition) is 6. The number of H-pyrrole nitrogens is 1. The number of rotatable bonds is 5. The fourth-order valence-electron chi connectivity index (χ4n) is 2.28. The molecule has 9 nitrogen and oxygen atoms in total. The Bertz CT molecular complexity index is 886. The minimum absolute atomic E-state index is 0.0153. The third-order valence-corrected chi connectivity index (χ3v) is 3.22. The first-order valence-corrected chi connectivity index (χ1v) is 6.76. The molecular formula is C15H14N2O7. The van der Waals surface area contributed by atoms with Crippen molar-refractivity contribution < 1.29 is 29.6 Å². The van der Waals surface area contributed by atoms with Gasteiger partial charge in [-0.3, -0.25) is 4.79 Å². The fourth-order valence-corrected chi connectivity index (χ4v) is 2.28. The van der Waals surface area contributed by atoms with Gasteiger partial charge in [0.2, 0.25) is 0 Å². The van der Waals surface area contributed by atoms with E-state index < -0.39 is 34.4 Å². The number of anilines is 1. The molecular weight excluding hydrogens is 320 g/mol. The van der Waals surface area contributed by atoms with Crippen molar-refractivity contribution in [3.05, 3.63) is 39.7 Å². The quantitative estimate of drug-likeness (QED) is 0.543. The zero-order chi connectivity index (χ0) is 18.0. The number of hydrogen-bond donors (Lipinski definition) is 5. The van der Waals surface area contributed by atoms with Gasteiger partial charge >= 0.3 is 11.9 Å². The second kappa shape index (κ2) is 6.32. The van der Waals surface area contributed by atoms with Crippen molar-refractivity contribution >= 4 is 17.8 Å². The van der Waals surface area contributed by atoms with Crippen molar-refractivity contribution in [2.45, 2.75) is 6.92 Å². The molecule has 0 aliphatic rings.